The zero-order valence-electron chi connectivity index (χ0n) is 20.9. The Morgan fingerprint density at radius 3 is 2.42 bits per heavy atom. The highest BCUT2D eigenvalue weighted by molar-refractivity contribution is 5.93. The molecule has 3 amide bonds. The van der Waals surface area contributed by atoms with Crippen molar-refractivity contribution in [1.82, 2.24) is 10.2 Å². The summed E-state index contributed by atoms with van der Waals surface area (Å²) in [6.07, 6.45) is 0.789. The Morgan fingerprint density at radius 1 is 1.03 bits per heavy atom. The molecule has 2 aromatic carbocycles. The number of ether oxygens (including phenoxy) is 3. The minimum absolute atomic E-state index is 0.0892. The smallest absolute Gasteiger partial charge is 0.408 e. The fourth-order valence-corrected chi connectivity index (χ4v) is 4.30. The van der Waals surface area contributed by atoms with E-state index in [2.05, 4.69) is 10.6 Å². The highest BCUT2D eigenvalue weighted by Crippen LogP contribution is 2.34. The van der Waals surface area contributed by atoms with E-state index in [1.165, 1.54) is 0 Å². The van der Waals surface area contributed by atoms with Gasteiger partial charge in [-0.2, -0.15) is 0 Å². The number of anilines is 1. The number of hydrogen-bond donors (Lipinski definition) is 2. The predicted molar refractivity (Wildman–Crippen MR) is 134 cm³/mol. The highest BCUT2D eigenvalue weighted by Gasteiger charge is 2.33. The van der Waals surface area contributed by atoms with E-state index in [4.69, 9.17) is 14.2 Å². The first-order valence-electron chi connectivity index (χ1n) is 12.2. The van der Waals surface area contributed by atoms with Crippen molar-refractivity contribution in [3.05, 3.63) is 54.1 Å². The maximum Gasteiger partial charge on any atom is 0.408 e. The Balaban J connectivity index is 1.35. The lowest BCUT2D eigenvalue weighted by Crippen LogP contribution is -2.53. The first-order valence-corrected chi connectivity index (χ1v) is 12.2. The Bertz CT molecular complexity index is 1090. The summed E-state index contributed by atoms with van der Waals surface area (Å²) in [5.74, 6) is 0.777. The maximum atomic E-state index is 13.4. The molecule has 0 saturated carbocycles. The largest absolute Gasteiger partial charge is 0.454 e. The van der Waals surface area contributed by atoms with Gasteiger partial charge in [0.1, 0.15) is 11.6 Å². The number of piperidine rings is 1. The number of hydrogen-bond acceptors (Lipinski definition) is 6. The fourth-order valence-electron chi connectivity index (χ4n) is 4.30. The normalized spacial score (nSPS) is 16.2. The van der Waals surface area contributed by atoms with Gasteiger partial charge in [0.15, 0.2) is 11.5 Å². The zero-order valence-corrected chi connectivity index (χ0v) is 20.9. The van der Waals surface area contributed by atoms with E-state index in [1.807, 2.05) is 30.3 Å². The quantitative estimate of drug-likeness (QED) is 0.633. The zero-order chi connectivity index (χ0) is 25.7. The molecule has 4 rings (SSSR count). The van der Waals surface area contributed by atoms with Crippen molar-refractivity contribution in [2.24, 2.45) is 5.92 Å². The van der Waals surface area contributed by atoms with Crippen LogP contribution in [0.1, 0.15) is 39.2 Å². The number of likely N-dealkylation sites (tertiary alicyclic amines) is 1. The molecule has 9 nitrogen and oxygen atoms in total. The van der Waals surface area contributed by atoms with E-state index in [-0.39, 0.29) is 24.5 Å². The standard InChI is InChI=1S/C27H33N3O6/c1-27(2,3)36-26(33)29-21(15-18-7-5-4-6-8-18)25(32)30-13-11-19(12-14-30)24(31)28-20-9-10-22-23(16-20)35-17-34-22/h4-10,16,19,21H,11-15,17H2,1-3H3,(H,28,31)(H,29,33)/t21-/m0/s1. The molecule has 2 heterocycles. The van der Waals surface area contributed by atoms with Crippen LogP contribution in [0, 0.1) is 5.92 Å². The van der Waals surface area contributed by atoms with Gasteiger partial charge in [-0.05, 0) is 51.3 Å². The van der Waals surface area contributed by atoms with Gasteiger partial charge in [-0.1, -0.05) is 30.3 Å². The third kappa shape index (κ3) is 6.68. The van der Waals surface area contributed by atoms with Crippen molar-refractivity contribution < 1.29 is 28.6 Å². The van der Waals surface area contributed by atoms with Gasteiger partial charge in [0.25, 0.3) is 0 Å². The summed E-state index contributed by atoms with van der Waals surface area (Å²) in [6, 6.07) is 14.1. The molecule has 1 fully saturated rings. The number of fused-ring (bicyclic) bond motifs is 1. The van der Waals surface area contributed by atoms with Crippen LogP contribution >= 0.6 is 0 Å². The second-order valence-electron chi connectivity index (χ2n) is 10.0. The monoisotopic (exact) mass is 495 g/mol. The minimum atomic E-state index is -0.763. The lowest BCUT2D eigenvalue weighted by molar-refractivity contribution is -0.136. The van der Waals surface area contributed by atoms with Crippen LogP contribution in [-0.4, -0.2) is 54.3 Å². The summed E-state index contributed by atoms with van der Waals surface area (Å²) in [6.45, 7) is 6.37. The van der Waals surface area contributed by atoms with E-state index in [0.717, 1.165) is 5.56 Å². The molecule has 9 heteroatoms. The van der Waals surface area contributed by atoms with Crippen LogP contribution in [0.25, 0.3) is 0 Å². The molecule has 2 N–H and O–H groups in total. The Labute approximate surface area is 211 Å². The molecule has 1 atom stereocenters. The summed E-state index contributed by atoms with van der Waals surface area (Å²) in [5.41, 5.74) is 0.908. The molecule has 36 heavy (non-hydrogen) atoms. The first-order chi connectivity index (χ1) is 17.2. The van der Waals surface area contributed by atoms with E-state index in [1.54, 1.807) is 43.9 Å². The Hall–Kier alpha value is -3.75. The average molecular weight is 496 g/mol. The van der Waals surface area contributed by atoms with Crippen molar-refractivity contribution in [3.8, 4) is 11.5 Å². The fraction of sp³-hybridized carbons (Fsp3) is 0.444. The van der Waals surface area contributed by atoms with Gasteiger partial charge >= 0.3 is 6.09 Å². The van der Waals surface area contributed by atoms with Crippen LogP contribution in [0.4, 0.5) is 10.5 Å². The molecule has 0 bridgehead atoms. The van der Waals surface area contributed by atoms with Crippen molar-refractivity contribution in [3.63, 3.8) is 0 Å². The van der Waals surface area contributed by atoms with Gasteiger partial charge < -0.3 is 29.7 Å². The van der Waals surface area contributed by atoms with Gasteiger partial charge in [-0.25, -0.2) is 4.79 Å². The topological polar surface area (TPSA) is 106 Å². The van der Waals surface area contributed by atoms with E-state index in [9.17, 15) is 14.4 Å². The lowest BCUT2D eigenvalue weighted by atomic mass is 9.94. The molecule has 2 aliphatic heterocycles. The molecule has 192 valence electrons. The summed E-state index contributed by atoms with van der Waals surface area (Å²) in [5, 5.41) is 5.69. The number of nitrogens with one attached hydrogen (secondary N) is 2. The number of rotatable bonds is 6. The molecule has 2 aliphatic rings. The van der Waals surface area contributed by atoms with Crippen LogP contribution < -0.4 is 20.1 Å². The summed E-state index contributed by atoms with van der Waals surface area (Å²) >= 11 is 0. The summed E-state index contributed by atoms with van der Waals surface area (Å²) < 4.78 is 16.1. The summed E-state index contributed by atoms with van der Waals surface area (Å²) in [4.78, 5) is 40.4. The van der Waals surface area contributed by atoms with Gasteiger partial charge in [-0.15, -0.1) is 0 Å². The average Bonchev–Trinajstić information content (AvgIpc) is 3.31. The van der Waals surface area contributed by atoms with Crippen LogP contribution in [-0.2, 0) is 20.7 Å². The molecule has 0 aliphatic carbocycles. The molecule has 2 aromatic rings. The van der Waals surface area contributed by atoms with Gasteiger partial charge in [0, 0.05) is 37.2 Å². The highest BCUT2D eigenvalue weighted by atomic mass is 16.7. The molecule has 0 unspecified atom stereocenters. The number of carbonyl (C=O) groups excluding carboxylic acids is 3. The molecule has 0 radical (unpaired) electrons. The number of benzene rings is 2. The lowest BCUT2D eigenvalue weighted by Gasteiger charge is -2.34. The van der Waals surface area contributed by atoms with Crippen LogP contribution in [0.5, 0.6) is 11.5 Å². The van der Waals surface area contributed by atoms with Gasteiger partial charge in [0.2, 0.25) is 18.6 Å². The Morgan fingerprint density at radius 2 is 1.72 bits per heavy atom. The number of carbonyl (C=O) groups is 3. The number of alkyl carbamates (subject to hydrolysis) is 1. The van der Waals surface area contributed by atoms with E-state index < -0.39 is 17.7 Å². The molecular formula is C27H33N3O6. The van der Waals surface area contributed by atoms with Crippen LogP contribution in [0.2, 0.25) is 0 Å². The SMILES string of the molecule is CC(C)(C)OC(=O)N[C@@H](Cc1ccccc1)C(=O)N1CCC(C(=O)Nc2ccc3c(c2)OCO3)CC1. The van der Waals surface area contributed by atoms with Crippen molar-refractivity contribution in [1.29, 1.82) is 0 Å². The number of nitrogens with zero attached hydrogens (tertiary/aromatic N) is 1. The molecule has 1 saturated heterocycles. The van der Waals surface area contributed by atoms with Gasteiger partial charge in [0.05, 0.1) is 0 Å². The molecular weight excluding hydrogens is 462 g/mol. The number of amides is 3. The van der Waals surface area contributed by atoms with Crippen molar-refractivity contribution >= 4 is 23.6 Å². The van der Waals surface area contributed by atoms with E-state index in [0.29, 0.717) is 49.5 Å². The second kappa shape index (κ2) is 10.9. The second-order valence-corrected chi connectivity index (χ2v) is 10.0. The third-order valence-corrected chi connectivity index (χ3v) is 6.09. The molecule has 0 aromatic heterocycles. The van der Waals surface area contributed by atoms with E-state index >= 15 is 0 Å². The maximum absolute atomic E-state index is 13.4. The Kier molecular flexibility index (Phi) is 7.67. The van der Waals surface area contributed by atoms with Crippen LogP contribution in [0.3, 0.4) is 0 Å². The van der Waals surface area contributed by atoms with Crippen molar-refractivity contribution in [2.45, 2.75) is 51.7 Å². The minimum Gasteiger partial charge on any atom is -0.454 e. The van der Waals surface area contributed by atoms with Crippen molar-refractivity contribution in [2.75, 3.05) is 25.2 Å². The third-order valence-electron chi connectivity index (χ3n) is 6.09. The predicted octanol–water partition coefficient (Wildman–Crippen LogP) is 3.73. The summed E-state index contributed by atoms with van der Waals surface area (Å²) in [7, 11) is 0. The first kappa shape index (κ1) is 25.3. The van der Waals surface area contributed by atoms with Crippen LogP contribution in [0.15, 0.2) is 48.5 Å². The van der Waals surface area contributed by atoms with Gasteiger partial charge in [-0.3, -0.25) is 9.59 Å². The molecule has 0 spiro atoms.